The average Bonchev–Trinajstić information content (AvgIpc) is 3.40. The summed E-state index contributed by atoms with van der Waals surface area (Å²) in [6.07, 6.45) is 3.70. The number of benzene rings is 5. The van der Waals surface area contributed by atoms with Crippen molar-refractivity contribution in [1.29, 1.82) is 0 Å². The van der Waals surface area contributed by atoms with Gasteiger partial charge in [-0.2, -0.15) is 0 Å². The second-order valence-electron chi connectivity index (χ2n) is 11.4. The van der Waals surface area contributed by atoms with Gasteiger partial charge in [0.1, 0.15) is 18.1 Å². The molecule has 1 aliphatic heterocycles. The fourth-order valence-corrected chi connectivity index (χ4v) is 7.58. The Morgan fingerprint density at radius 2 is 1.64 bits per heavy atom. The van der Waals surface area contributed by atoms with Crippen molar-refractivity contribution in [3.8, 4) is 11.5 Å². The summed E-state index contributed by atoms with van der Waals surface area (Å²) >= 11 is 1.43. The number of aryl methyl sites for hydroxylation is 1. The number of methoxy groups -OCH3 is 1. The van der Waals surface area contributed by atoms with Crippen molar-refractivity contribution < 1.29 is 9.47 Å². The maximum absolute atomic E-state index is 14.1. The van der Waals surface area contributed by atoms with E-state index in [-0.39, 0.29) is 11.6 Å². The third kappa shape index (κ3) is 4.88. The van der Waals surface area contributed by atoms with Crippen LogP contribution in [0.5, 0.6) is 11.5 Å². The molecule has 0 saturated carbocycles. The highest BCUT2D eigenvalue weighted by Crippen LogP contribution is 2.43. The molecule has 0 saturated heterocycles. The average molecular weight is 607 g/mol. The third-order valence-corrected chi connectivity index (χ3v) is 9.74. The van der Waals surface area contributed by atoms with Crippen LogP contribution in [0.25, 0.3) is 22.5 Å². The van der Waals surface area contributed by atoms with Crippen LogP contribution in [0.2, 0.25) is 0 Å². The summed E-state index contributed by atoms with van der Waals surface area (Å²) in [5, 5.41) is 2.40. The molecule has 45 heavy (non-hydrogen) atoms. The summed E-state index contributed by atoms with van der Waals surface area (Å²) in [5.41, 5.74) is 7.58. The predicted octanol–water partition coefficient (Wildman–Crippen LogP) is 7.06. The number of allylic oxidation sites excluding steroid dienone is 1. The Morgan fingerprint density at radius 3 is 2.53 bits per heavy atom. The van der Waals surface area contributed by atoms with Crippen LogP contribution in [0.1, 0.15) is 40.3 Å². The van der Waals surface area contributed by atoms with E-state index in [0.717, 1.165) is 57.9 Å². The van der Waals surface area contributed by atoms with Crippen molar-refractivity contribution in [1.82, 2.24) is 4.57 Å². The van der Waals surface area contributed by atoms with Gasteiger partial charge in [-0.1, -0.05) is 108 Å². The monoisotopic (exact) mass is 606 g/mol. The van der Waals surface area contributed by atoms with Crippen molar-refractivity contribution in [2.24, 2.45) is 4.99 Å². The molecule has 0 fully saturated rings. The van der Waals surface area contributed by atoms with Crippen LogP contribution < -0.4 is 24.4 Å². The highest BCUT2D eigenvalue weighted by Gasteiger charge is 2.33. The Labute approximate surface area is 264 Å². The summed E-state index contributed by atoms with van der Waals surface area (Å²) in [6, 6.07) is 38.7. The van der Waals surface area contributed by atoms with E-state index in [1.807, 2.05) is 53.1 Å². The van der Waals surface area contributed by atoms with Gasteiger partial charge >= 0.3 is 0 Å². The molecule has 5 aromatic carbocycles. The molecule has 1 aliphatic carbocycles. The summed E-state index contributed by atoms with van der Waals surface area (Å²) < 4.78 is 14.5. The van der Waals surface area contributed by atoms with Gasteiger partial charge in [0.25, 0.3) is 5.56 Å². The van der Waals surface area contributed by atoms with Crippen molar-refractivity contribution in [3.63, 3.8) is 0 Å². The summed E-state index contributed by atoms with van der Waals surface area (Å²) in [7, 11) is 1.68. The van der Waals surface area contributed by atoms with Crippen LogP contribution in [0.3, 0.4) is 0 Å². The number of hydrogen-bond donors (Lipinski definition) is 0. The van der Waals surface area contributed by atoms with Gasteiger partial charge in [0.2, 0.25) is 0 Å². The lowest BCUT2D eigenvalue weighted by Crippen LogP contribution is -2.38. The number of ether oxygens (including phenoxy) is 2. The van der Waals surface area contributed by atoms with E-state index < -0.39 is 0 Å². The number of fused-ring (bicyclic) bond motifs is 4. The molecule has 2 aliphatic rings. The summed E-state index contributed by atoms with van der Waals surface area (Å²) in [4.78, 5) is 20.0. The zero-order valence-corrected chi connectivity index (χ0v) is 25.6. The SMILES string of the molecule is COc1ccccc1[C@H]1C2=C(N=c3s/c(=C/c4ccc(OCc5cccc6ccccc56)cc4)c(=O)n31)c1ccccc1CC2. The van der Waals surface area contributed by atoms with Gasteiger partial charge in [0.15, 0.2) is 4.80 Å². The number of thiazole rings is 1. The first kappa shape index (κ1) is 27.4. The summed E-state index contributed by atoms with van der Waals surface area (Å²) in [6.45, 7) is 0.482. The van der Waals surface area contributed by atoms with Crippen LogP contribution in [0.15, 0.2) is 131 Å². The zero-order valence-electron chi connectivity index (χ0n) is 24.8. The van der Waals surface area contributed by atoms with E-state index in [1.54, 1.807) is 7.11 Å². The lowest BCUT2D eigenvalue weighted by molar-refractivity contribution is 0.307. The maximum Gasteiger partial charge on any atom is 0.271 e. The molecule has 220 valence electrons. The molecule has 0 spiro atoms. The normalized spacial score (nSPS) is 15.7. The molecule has 0 bridgehead atoms. The first-order valence-corrected chi connectivity index (χ1v) is 15.9. The van der Waals surface area contributed by atoms with E-state index in [9.17, 15) is 4.79 Å². The lowest BCUT2D eigenvalue weighted by atomic mass is 9.83. The largest absolute Gasteiger partial charge is 0.496 e. The molecule has 0 unspecified atom stereocenters. The van der Waals surface area contributed by atoms with E-state index in [0.29, 0.717) is 15.9 Å². The van der Waals surface area contributed by atoms with Gasteiger partial charge in [0, 0.05) is 11.1 Å². The van der Waals surface area contributed by atoms with Gasteiger partial charge < -0.3 is 9.47 Å². The number of para-hydroxylation sites is 1. The van der Waals surface area contributed by atoms with E-state index in [4.69, 9.17) is 14.5 Å². The molecule has 2 heterocycles. The molecule has 8 rings (SSSR count). The number of hydrogen-bond acceptors (Lipinski definition) is 5. The molecule has 0 N–H and O–H groups in total. The maximum atomic E-state index is 14.1. The van der Waals surface area contributed by atoms with Crippen molar-refractivity contribution in [3.05, 3.63) is 168 Å². The van der Waals surface area contributed by atoms with Crippen molar-refractivity contribution >= 4 is 33.9 Å². The third-order valence-electron chi connectivity index (χ3n) is 8.76. The minimum Gasteiger partial charge on any atom is -0.496 e. The van der Waals surface area contributed by atoms with Gasteiger partial charge in [-0.25, -0.2) is 4.99 Å². The fraction of sp³-hybridized carbons (Fsp3) is 0.128. The Morgan fingerprint density at radius 1 is 0.867 bits per heavy atom. The van der Waals surface area contributed by atoms with Crippen molar-refractivity contribution in [2.45, 2.75) is 25.5 Å². The number of nitrogens with zero attached hydrogens (tertiary/aromatic N) is 2. The minimum absolute atomic E-state index is 0.0450. The van der Waals surface area contributed by atoms with Gasteiger partial charge in [0.05, 0.1) is 23.4 Å². The molecule has 6 aromatic rings. The Balaban J connectivity index is 1.16. The zero-order chi connectivity index (χ0) is 30.3. The van der Waals surface area contributed by atoms with Crippen LogP contribution in [0.4, 0.5) is 0 Å². The van der Waals surface area contributed by atoms with Crippen molar-refractivity contribution in [2.75, 3.05) is 7.11 Å². The predicted molar refractivity (Wildman–Crippen MR) is 180 cm³/mol. The number of rotatable bonds is 6. The molecular weight excluding hydrogens is 577 g/mol. The van der Waals surface area contributed by atoms with Gasteiger partial charge in [-0.15, -0.1) is 0 Å². The van der Waals surface area contributed by atoms with E-state index >= 15 is 0 Å². The Hall–Kier alpha value is -5.20. The first-order valence-electron chi connectivity index (χ1n) is 15.1. The highest BCUT2D eigenvalue weighted by molar-refractivity contribution is 7.07. The van der Waals surface area contributed by atoms with E-state index in [2.05, 4.69) is 72.8 Å². The van der Waals surface area contributed by atoms with E-state index in [1.165, 1.54) is 27.7 Å². The topological polar surface area (TPSA) is 52.8 Å². The molecule has 6 heteroatoms. The van der Waals surface area contributed by atoms with Crippen LogP contribution >= 0.6 is 11.3 Å². The first-order chi connectivity index (χ1) is 22.2. The second-order valence-corrected chi connectivity index (χ2v) is 12.4. The molecule has 0 radical (unpaired) electrons. The molecular formula is C39H30N2O3S. The molecule has 0 amide bonds. The van der Waals surface area contributed by atoms with Crippen LogP contribution in [0, 0.1) is 0 Å². The Bertz CT molecular complexity index is 2290. The smallest absolute Gasteiger partial charge is 0.271 e. The quantitative estimate of drug-likeness (QED) is 0.204. The van der Waals surface area contributed by atoms with Crippen LogP contribution in [-0.4, -0.2) is 11.7 Å². The van der Waals surface area contributed by atoms with Crippen LogP contribution in [-0.2, 0) is 13.0 Å². The molecule has 5 nitrogen and oxygen atoms in total. The lowest BCUT2D eigenvalue weighted by Gasteiger charge is -2.31. The molecule has 1 aromatic heterocycles. The molecule has 1 atom stereocenters. The van der Waals surface area contributed by atoms with Gasteiger partial charge in [-0.05, 0) is 70.2 Å². The summed E-state index contributed by atoms with van der Waals surface area (Å²) in [5.74, 6) is 1.55. The standard InChI is InChI=1S/C39H30N2O3S/c1-43-34-16-7-6-15-32(34)37-33-22-19-27-10-3-5-14-31(27)36(33)40-39-41(37)38(42)35(45-39)23-25-17-20-29(21-18-25)44-24-28-12-8-11-26-9-2-4-13-30(26)28/h2-18,20-21,23,37H,19,22,24H2,1H3/b35-23+/t37-/m0/s1. The highest BCUT2D eigenvalue weighted by atomic mass is 32.1. The minimum atomic E-state index is -0.284. The second kappa shape index (κ2) is 11.4. The van der Waals surface area contributed by atoms with Gasteiger partial charge in [-0.3, -0.25) is 9.36 Å². The Kier molecular flexibility index (Phi) is 6.92. The fourth-order valence-electron chi connectivity index (χ4n) is 6.58. The number of aromatic nitrogens is 1.